The van der Waals surface area contributed by atoms with E-state index >= 15 is 0 Å². The lowest BCUT2D eigenvalue weighted by Gasteiger charge is -2.13. The van der Waals surface area contributed by atoms with Crippen LogP contribution in [0.3, 0.4) is 0 Å². The summed E-state index contributed by atoms with van der Waals surface area (Å²) in [6.45, 7) is 4.05. The van der Waals surface area contributed by atoms with Gasteiger partial charge >= 0.3 is 0 Å². The number of aromatic nitrogens is 4. The second kappa shape index (κ2) is 5.49. The van der Waals surface area contributed by atoms with Crippen LogP contribution in [0.5, 0.6) is 0 Å². The van der Waals surface area contributed by atoms with Crippen LogP contribution in [0, 0.1) is 6.92 Å². The molecule has 0 atom stereocenters. The average Bonchev–Trinajstić information content (AvgIpc) is 3.16. The van der Waals surface area contributed by atoms with Gasteiger partial charge in [-0.1, -0.05) is 24.6 Å². The molecule has 6 heteroatoms. The molecule has 0 saturated carbocycles. The van der Waals surface area contributed by atoms with E-state index in [2.05, 4.69) is 27.3 Å². The molecule has 3 aromatic rings. The molecular formula is C17H18ClN5. The highest BCUT2D eigenvalue weighted by Gasteiger charge is 2.22. The van der Waals surface area contributed by atoms with Crippen molar-refractivity contribution in [3.63, 3.8) is 0 Å². The molecule has 1 N–H and O–H groups in total. The molecule has 23 heavy (non-hydrogen) atoms. The molecule has 0 spiro atoms. The van der Waals surface area contributed by atoms with Crippen molar-refractivity contribution in [2.45, 2.75) is 39.5 Å². The third-order valence-corrected chi connectivity index (χ3v) is 4.71. The summed E-state index contributed by atoms with van der Waals surface area (Å²) in [5, 5.41) is 8.84. The fraction of sp³-hybridized carbons (Fsp3) is 0.353. The fourth-order valence-corrected chi connectivity index (χ4v) is 3.19. The standard InChI is InChI=1S/C17H18ClN5/c1-3-15-21-17-20-14-6-4-5-12(14)16(23(17)22-15)19-11-8-7-10(2)13(18)9-11/h7-9,19H,3-6H2,1-2H3. The first-order valence-corrected chi connectivity index (χ1v) is 8.34. The van der Waals surface area contributed by atoms with Crippen LogP contribution in [0.4, 0.5) is 11.5 Å². The van der Waals surface area contributed by atoms with Gasteiger partial charge in [0.25, 0.3) is 5.78 Å². The molecule has 0 radical (unpaired) electrons. The van der Waals surface area contributed by atoms with Gasteiger partial charge in [-0.2, -0.15) is 9.50 Å². The lowest BCUT2D eigenvalue weighted by molar-refractivity contribution is 0.875. The molecule has 0 saturated heterocycles. The topological polar surface area (TPSA) is 55.1 Å². The molecule has 0 amide bonds. The second-order valence-electron chi connectivity index (χ2n) is 5.92. The van der Waals surface area contributed by atoms with Crippen LogP contribution in [0.1, 0.15) is 36.0 Å². The van der Waals surface area contributed by atoms with E-state index in [1.54, 1.807) is 0 Å². The van der Waals surface area contributed by atoms with Crippen LogP contribution in [-0.4, -0.2) is 19.6 Å². The summed E-state index contributed by atoms with van der Waals surface area (Å²) < 4.78 is 1.83. The van der Waals surface area contributed by atoms with Crippen LogP contribution in [-0.2, 0) is 19.3 Å². The summed E-state index contributed by atoms with van der Waals surface area (Å²) in [6, 6.07) is 6.00. The number of benzene rings is 1. The zero-order chi connectivity index (χ0) is 16.0. The lowest BCUT2D eigenvalue weighted by atomic mass is 10.2. The predicted octanol–water partition coefficient (Wildman–Crippen LogP) is 3.88. The van der Waals surface area contributed by atoms with Crippen LogP contribution < -0.4 is 5.32 Å². The van der Waals surface area contributed by atoms with Gasteiger partial charge in [-0.25, -0.2) is 4.98 Å². The van der Waals surface area contributed by atoms with Crippen LogP contribution in [0.2, 0.25) is 5.02 Å². The van der Waals surface area contributed by atoms with Gasteiger partial charge in [0.2, 0.25) is 0 Å². The van der Waals surface area contributed by atoms with E-state index in [1.165, 1.54) is 5.56 Å². The van der Waals surface area contributed by atoms with Crippen molar-refractivity contribution in [1.29, 1.82) is 0 Å². The number of hydrogen-bond acceptors (Lipinski definition) is 4. The first kappa shape index (κ1) is 14.5. The third kappa shape index (κ3) is 2.45. The lowest BCUT2D eigenvalue weighted by Crippen LogP contribution is -2.07. The zero-order valence-electron chi connectivity index (χ0n) is 13.2. The van der Waals surface area contributed by atoms with Crippen LogP contribution in [0.15, 0.2) is 18.2 Å². The number of anilines is 2. The average molecular weight is 328 g/mol. The van der Waals surface area contributed by atoms with Crippen LogP contribution >= 0.6 is 11.6 Å². The normalized spacial score (nSPS) is 13.5. The number of nitrogens with one attached hydrogen (secondary N) is 1. The predicted molar refractivity (Wildman–Crippen MR) is 91.7 cm³/mol. The SMILES string of the molecule is CCc1nc2nc3c(c(Nc4ccc(C)c(Cl)c4)n2n1)CCC3. The largest absolute Gasteiger partial charge is 0.340 e. The number of halogens is 1. The fourth-order valence-electron chi connectivity index (χ4n) is 3.01. The maximum atomic E-state index is 6.26. The molecule has 4 rings (SSSR count). The number of fused-ring (bicyclic) bond motifs is 2. The van der Waals surface area contributed by atoms with Gasteiger partial charge < -0.3 is 5.32 Å². The van der Waals surface area contributed by atoms with Gasteiger partial charge in [0.05, 0.1) is 5.69 Å². The van der Waals surface area contributed by atoms with Crippen molar-refractivity contribution in [1.82, 2.24) is 19.6 Å². The van der Waals surface area contributed by atoms with E-state index in [4.69, 9.17) is 11.6 Å². The Balaban J connectivity index is 1.86. The van der Waals surface area contributed by atoms with E-state index < -0.39 is 0 Å². The maximum Gasteiger partial charge on any atom is 0.254 e. The van der Waals surface area contributed by atoms with Crippen molar-refractivity contribution in [2.75, 3.05) is 5.32 Å². The number of nitrogens with zero attached hydrogens (tertiary/aromatic N) is 4. The zero-order valence-corrected chi connectivity index (χ0v) is 14.0. The van der Waals surface area contributed by atoms with Gasteiger partial charge in [-0.3, -0.25) is 0 Å². The van der Waals surface area contributed by atoms with Gasteiger partial charge in [0.15, 0.2) is 5.82 Å². The smallest absolute Gasteiger partial charge is 0.254 e. The van der Waals surface area contributed by atoms with Crippen molar-refractivity contribution in [3.8, 4) is 0 Å². The van der Waals surface area contributed by atoms with E-state index in [9.17, 15) is 0 Å². The van der Waals surface area contributed by atoms with Crippen molar-refractivity contribution >= 4 is 28.9 Å². The Morgan fingerprint density at radius 2 is 2.13 bits per heavy atom. The summed E-state index contributed by atoms with van der Waals surface area (Å²) in [6.07, 6.45) is 3.94. The number of hydrogen-bond donors (Lipinski definition) is 1. The van der Waals surface area contributed by atoms with Gasteiger partial charge in [0.1, 0.15) is 5.82 Å². The Kier molecular flexibility index (Phi) is 3.45. The molecule has 1 aliphatic carbocycles. The number of aryl methyl sites for hydroxylation is 3. The Labute approximate surface area is 139 Å². The first-order chi connectivity index (χ1) is 11.2. The highest BCUT2D eigenvalue weighted by molar-refractivity contribution is 6.31. The molecule has 1 aromatic carbocycles. The molecule has 1 aliphatic rings. The van der Waals surface area contributed by atoms with Crippen molar-refractivity contribution < 1.29 is 0 Å². The summed E-state index contributed by atoms with van der Waals surface area (Å²) in [5.74, 6) is 2.45. The quantitative estimate of drug-likeness (QED) is 0.793. The molecule has 0 fully saturated rings. The van der Waals surface area contributed by atoms with E-state index in [1.807, 2.05) is 29.6 Å². The van der Waals surface area contributed by atoms with E-state index in [0.717, 1.165) is 59.3 Å². The van der Waals surface area contributed by atoms with Gasteiger partial charge in [-0.05, 0) is 43.9 Å². The summed E-state index contributed by atoms with van der Waals surface area (Å²) >= 11 is 6.26. The van der Waals surface area contributed by atoms with Gasteiger partial charge in [0, 0.05) is 22.7 Å². The first-order valence-electron chi connectivity index (χ1n) is 7.96. The minimum atomic E-state index is 0.670. The summed E-state index contributed by atoms with van der Waals surface area (Å²) in [5.41, 5.74) is 4.39. The Hall–Kier alpha value is -2.14. The molecule has 2 heterocycles. The molecule has 0 bridgehead atoms. The second-order valence-corrected chi connectivity index (χ2v) is 6.33. The highest BCUT2D eigenvalue weighted by Crippen LogP contribution is 2.31. The maximum absolute atomic E-state index is 6.26. The third-order valence-electron chi connectivity index (χ3n) is 4.31. The van der Waals surface area contributed by atoms with E-state index in [0.29, 0.717) is 5.78 Å². The molecule has 5 nitrogen and oxygen atoms in total. The summed E-state index contributed by atoms with van der Waals surface area (Å²) in [4.78, 5) is 9.20. The Bertz CT molecular complexity index is 900. The molecule has 2 aromatic heterocycles. The molecule has 118 valence electrons. The molecule has 0 aliphatic heterocycles. The number of rotatable bonds is 3. The minimum absolute atomic E-state index is 0.670. The molecular weight excluding hydrogens is 310 g/mol. The monoisotopic (exact) mass is 327 g/mol. The van der Waals surface area contributed by atoms with E-state index in [-0.39, 0.29) is 0 Å². The Morgan fingerprint density at radius 3 is 2.91 bits per heavy atom. The minimum Gasteiger partial charge on any atom is -0.340 e. The van der Waals surface area contributed by atoms with Gasteiger partial charge in [-0.15, -0.1) is 5.10 Å². The highest BCUT2D eigenvalue weighted by atomic mass is 35.5. The summed E-state index contributed by atoms with van der Waals surface area (Å²) in [7, 11) is 0. The van der Waals surface area contributed by atoms with Crippen LogP contribution in [0.25, 0.3) is 5.78 Å². The van der Waals surface area contributed by atoms with Crippen molar-refractivity contribution in [2.24, 2.45) is 0 Å². The Morgan fingerprint density at radius 1 is 1.26 bits per heavy atom. The van der Waals surface area contributed by atoms with Crippen molar-refractivity contribution in [3.05, 3.63) is 45.9 Å². The molecule has 0 unspecified atom stereocenters.